The molecule has 0 unspecified atom stereocenters. The van der Waals surface area contributed by atoms with Gasteiger partial charge in [0.05, 0.1) is 18.4 Å². The molecule has 38 heavy (non-hydrogen) atoms. The molecular formula is C31H28N2O5. The van der Waals surface area contributed by atoms with Crippen LogP contribution in [0.3, 0.4) is 0 Å². The van der Waals surface area contributed by atoms with E-state index in [2.05, 4.69) is 10.5 Å². The zero-order valence-corrected chi connectivity index (χ0v) is 21.0. The number of hydrogen-bond acceptors (Lipinski definition) is 6. The third-order valence-electron chi connectivity index (χ3n) is 5.39. The average molecular weight is 509 g/mol. The summed E-state index contributed by atoms with van der Waals surface area (Å²) < 4.78 is 16.5. The molecular weight excluding hydrogens is 480 g/mol. The van der Waals surface area contributed by atoms with Crippen LogP contribution in [0.5, 0.6) is 17.2 Å². The quantitative estimate of drug-likeness (QED) is 0.118. The average Bonchev–Trinajstić information content (AvgIpc) is 2.97. The molecule has 0 radical (unpaired) electrons. The predicted molar refractivity (Wildman–Crippen MR) is 147 cm³/mol. The molecule has 0 spiro atoms. The molecule has 4 rings (SSSR count). The second-order valence-corrected chi connectivity index (χ2v) is 8.30. The number of hydrazone groups is 1. The summed E-state index contributed by atoms with van der Waals surface area (Å²) in [6.45, 7) is 2.49. The predicted octanol–water partition coefficient (Wildman–Crippen LogP) is 5.89. The van der Waals surface area contributed by atoms with E-state index in [-0.39, 0.29) is 12.5 Å². The Labute approximate surface area is 221 Å². The molecule has 1 N–H and O–H groups in total. The SMILES string of the molecule is CCCOc1ccc(C(=O)Oc2ccc(C=NNC(=O)COc3ccc(-c4ccccc4)cc3)cc2)cc1. The van der Waals surface area contributed by atoms with E-state index in [1.54, 1.807) is 48.5 Å². The second kappa shape index (κ2) is 13.4. The highest BCUT2D eigenvalue weighted by Gasteiger charge is 2.09. The van der Waals surface area contributed by atoms with Crippen molar-refractivity contribution in [1.29, 1.82) is 0 Å². The molecule has 7 nitrogen and oxygen atoms in total. The van der Waals surface area contributed by atoms with Crippen LogP contribution in [0, 0.1) is 0 Å². The second-order valence-electron chi connectivity index (χ2n) is 8.30. The number of carbonyl (C=O) groups is 2. The van der Waals surface area contributed by atoms with Crippen LogP contribution in [0.1, 0.15) is 29.3 Å². The highest BCUT2D eigenvalue weighted by Crippen LogP contribution is 2.22. The van der Waals surface area contributed by atoms with Crippen LogP contribution in [0.4, 0.5) is 0 Å². The molecule has 7 heteroatoms. The normalized spacial score (nSPS) is 10.7. The first kappa shape index (κ1) is 26.2. The lowest BCUT2D eigenvalue weighted by atomic mass is 10.1. The fraction of sp³-hybridized carbons (Fsp3) is 0.129. The third kappa shape index (κ3) is 7.80. The number of ether oxygens (including phenoxy) is 3. The maximum atomic E-state index is 12.4. The molecule has 0 aromatic heterocycles. The van der Waals surface area contributed by atoms with Crippen LogP contribution < -0.4 is 19.6 Å². The van der Waals surface area contributed by atoms with Gasteiger partial charge in [-0.2, -0.15) is 5.10 Å². The van der Waals surface area contributed by atoms with Gasteiger partial charge in [0, 0.05) is 0 Å². The first-order chi connectivity index (χ1) is 18.6. The standard InChI is InChI=1S/C31H28N2O5/c1-2-20-36-27-18-12-26(13-19-27)31(35)38-29-14-8-23(9-15-29)21-32-33-30(34)22-37-28-16-10-25(11-17-28)24-6-4-3-5-7-24/h3-19,21H,2,20,22H2,1H3,(H,33,34). The van der Waals surface area contributed by atoms with Gasteiger partial charge in [0.15, 0.2) is 6.61 Å². The van der Waals surface area contributed by atoms with Crippen LogP contribution in [-0.2, 0) is 4.79 Å². The van der Waals surface area contributed by atoms with Gasteiger partial charge in [0.2, 0.25) is 0 Å². The Morgan fingerprint density at radius 2 is 1.34 bits per heavy atom. The molecule has 1 amide bonds. The van der Waals surface area contributed by atoms with E-state index in [0.29, 0.717) is 29.4 Å². The van der Waals surface area contributed by atoms with Crippen molar-refractivity contribution in [2.24, 2.45) is 5.10 Å². The number of amides is 1. The summed E-state index contributed by atoms with van der Waals surface area (Å²) in [5.74, 6) is 0.854. The summed E-state index contributed by atoms with van der Waals surface area (Å²) in [5, 5.41) is 3.95. The van der Waals surface area contributed by atoms with E-state index >= 15 is 0 Å². The molecule has 0 saturated carbocycles. The van der Waals surface area contributed by atoms with Crippen molar-refractivity contribution in [2.75, 3.05) is 13.2 Å². The molecule has 0 atom stereocenters. The molecule has 192 valence electrons. The Bertz CT molecular complexity index is 1350. The van der Waals surface area contributed by atoms with E-state index in [9.17, 15) is 9.59 Å². The largest absolute Gasteiger partial charge is 0.494 e. The molecule has 0 aliphatic rings. The first-order valence-electron chi connectivity index (χ1n) is 12.3. The Kier molecular flexibility index (Phi) is 9.23. The molecule has 0 bridgehead atoms. The molecule has 4 aromatic rings. The van der Waals surface area contributed by atoms with Crippen molar-refractivity contribution >= 4 is 18.1 Å². The third-order valence-corrected chi connectivity index (χ3v) is 5.39. The molecule has 0 aliphatic carbocycles. The fourth-order valence-corrected chi connectivity index (χ4v) is 3.43. The number of nitrogens with one attached hydrogen (secondary N) is 1. The van der Waals surface area contributed by atoms with Gasteiger partial charge < -0.3 is 14.2 Å². The van der Waals surface area contributed by atoms with E-state index in [4.69, 9.17) is 14.2 Å². The number of rotatable bonds is 11. The summed E-state index contributed by atoms with van der Waals surface area (Å²) in [4.78, 5) is 24.4. The lowest BCUT2D eigenvalue weighted by Crippen LogP contribution is -2.24. The number of carbonyl (C=O) groups excluding carboxylic acids is 2. The van der Waals surface area contributed by atoms with Gasteiger partial charge >= 0.3 is 5.97 Å². The summed E-state index contributed by atoms with van der Waals surface area (Å²) in [6, 6.07) is 31.1. The summed E-state index contributed by atoms with van der Waals surface area (Å²) in [7, 11) is 0. The highest BCUT2D eigenvalue weighted by atomic mass is 16.5. The Morgan fingerprint density at radius 3 is 2.03 bits per heavy atom. The Balaban J connectivity index is 1.20. The van der Waals surface area contributed by atoms with Crippen LogP contribution in [0.25, 0.3) is 11.1 Å². The van der Waals surface area contributed by atoms with Crippen molar-refractivity contribution in [1.82, 2.24) is 5.43 Å². The monoisotopic (exact) mass is 508 g/mol. The minimum Gasteiger partial charge on any atom is -0.494 e. The van der Waals surface area contributed by atoms with Crippen molar-refractivity contribution in [3.05, 3.63) is 114 Å². The molecule has 0 fully saturated rings. The number of nitrogens with zero attached hydrogens (tertiary/aromatic N) is 1. The fourth-order valence-electron chi connectivity index (χ4n) is 3.43. The van der Waals surface area contributed by atoms with E-state index < -0.39 is 5.97 Å². The lowest BCUT2D eigenvalue weighted by molar-refractivity contribution is -0.123. The van der Waals surface area contributed by atoms with Gasteiger partial charge in [0.25, 0.3) is 5.91 Å². The van der Waals surface area contributed by atoms with Gasteiger partial charge in [-0.05, 0) is 83.8 Å². The maximum Gasteiger partial charge on any atom is 0.343 e. The molecule has 0 saturated heterocycles. The number of benzene rings is 4. The zero-order chi connectivity index (χ0) is 26.6. The minimum atomic E-state index is -0.463. The summed E-state index contributed by atoms with van der Waals surface area (Å²) in [5.41, 5.74) is 5.76. The zero-order valence-electron chi connectivity index (χ0n) is 21.0. The van der Waals surface area contributed by atoms with Crippen molar-refractivity contribution in [2.45, 2.75) is 13.3 Å². The molecule has 4 aromatic carbocycles. The maximum absolute atomic E-state index is 12.4. The topological polar surface area (TPSA) is 86.2 Å². The smallest absolute Gasteiger partial charge is 0.343 e. The van der Waals surface area contributed by atoms with Crippen LogP contribution in [0.15, 0.2) is 108 Å². The molecule has 0 aliphatic heterocycles. The lowest BCUT2D eigenvalue weighted by Gasteiger charge is -2.07. The van der Waals surface area contributed by atoms with Gasteiger partial charge in [0.1, 0.15) is 17.2 Å². The Morgan fingerprint density at radius 1 is 0.737 bits per heavy atom. The van der Waals surface area contributed by atoms with Gasteiger partial charge in [-0.15, -0.1) is 0 Å². The summed E-state index contributed by atoms with van der Waals surface area (Å²) in [6.07, 6.45) is 2.41. The Hall–Kier alpha value is -4.91. The summed E-state index contributed by atoms with van der Waals surface area (Å²) >= 11 is 0. The van der Waals surface area contributed by atoms with Crippen molar-refractivity contribution in [3.63, 3.8) is 0 Å². The van der Waals surface area contributed by atoms with Gasteiger partial charge in [-0.3, -0.25) is 4.79 Å². The van der Waals surface area contributed by atoms with E-state index in [1.807, 2.05) is 61.5 Å². The van der Waals surface area contributed by atoms with Crippen LogP contribution in [-0.4, -0.2) is 31.3 Å². The van der Waals surface area contributed by atoms with Crippen LogP contribution in [0.2, 0.25) is 0 Å². The van der Waals surface area contributed by atoms with E-state index in [1.165, 1.54) is 6.21 Å². The van der Waals surface area contributed by atoms with Crippen molar-refractivity contribution in [3.8, 4) is 28.4 Å². The molecule has 0 heterocycles. The highest BCUT2D eigenvalue weighted by molar-refractivity contribution is 5.91. The van der Waals surface area contributed by atoms with Crippen molar-refractivity contribution < 1.29 is 23.8 Å². The van der Waals surface area contributed by atoms with Gasteiger partial charge in [-0.1, -0.05) is 49.4 Å². The van der Waals surface area contributed by atoms with Gasteiger partial charge in [-0.25, -0.2) is 10.2 Å². The van der Waals surface area contributed by atoms with Crippen LogP contribution >= 0.6 is 0 Å². The number of esters is 1. The first-order valence-corrected chi connectivity index (χ1v) is 12.3. The number of hydrogen-bond donors (Lipinski definition) is 1. The minimum absolute atomic E-state index is 0.164. The van der Waals surface area contributed by atoms with E-state index in [0.717, 1.165) is 23.1 Å².